The van der Waals surface area contributed by atoms with Gasteiger partial charge >= 0.3 is 5.97 Å². The number of carbonyl (C=O) groups is 1. The van der Waals surface area contributed by atoms with Gasteiger partial charge in [0.25, 0.3) is 0 Å². The molecule has 0 aliphatic carbocycles. The molecule has 0 amide bonds. The average Bonchev–Trinajstić information content (AvgIpc) is 3.19. The molecule has 0 bridgehead atoms. The standard InChI is InChI=1S/C22H23N3O2S/c26-22(27)19-8-4-5-17(13-19)14-24-9-11-25(12-10-24)15-20-16-28-21(23-20)18-6-2-1-3-7-18/h1-8,13,16H,9-12,14-15H2,(H,26,27). The van der Waals surface area contributed by atoms with Crippen molar-refractivity contribution in [3.63, 3.8) is 0 Å². The number of benzene rings is 2. The highest BCUT2D eigenvalue weighted by molar-refractivity contribution is 7.13. The second kappa shape index (κ2) is 8.65. The van der Waals surface area contributed by atoms with Gasteiger partial charge in [0.2, 0.25) is 0 Å². The van der Waals surface area contributed by atoms with Crippen molar-refractivity contribution in [1.82, 2.24) is 14.8 Å². The molecule has 0 spiro atoms. The van der Waals surface area contributed by atoms with Crippen LogP contribution in [0, 0.1) is 0 Å². The maximum absolute atomic E-state index is 11.1. The summed E-state index contributed by atoms with van der Waals surface area (Å²) in [6.07, 6.45) is 0. The predicted octanol–water partition coefficient (Wildman–Crippen LogP) is 3.83. The molecule has 144 valence electrons. The number of carboxylic acids is 1. The Morgan fingerprint density at radius 1 is 0.964 bits per heavy atom. The number of hydrogen-bond acceptors (Lipinski definition) is 5. The summed E-state index contributed by atoms with van der Waals surface area (Å²) in [5.41, 5.74) is 3.72. The fraction of sp³-hybridized carbons (Fsp3) is 0.273. The lowest BCUT2D eigenvalue weighted by molar-refractivity contribution is 0.0696. The van der Waals surface area contributed by atoms with Gasteiger partial charge in [-0.15, -0.1) is 11.3 Å². The molecule has 2 aromatic carbocycles. The number of nitrogens with zero attached hydrogens (tertiary/aromatic N) is 3. The molecule has 6 heteroatoms. The molecule has 1 N–H and O–H groups in total. The number of carboxylic acid groups (broad SMARTS) is 1. The fourth-order valence-corrected chi connectivity index (χ4v) is 4.31. The lowest BCUT2D eigenvalue weighted by atomic mass is 10.1. The van der Waals surface area contributed by atoms with Crippen LogP contribution in [0.5, 0.6) is 0 Å². The maximum atomic E-state index is 11.1. The summed E-state index contributed by atoms with van der Waals surface area (Å²) in [4.78, 5) is 20.7. The van der Waals surface area contributed by atoms with E-state index in [-0.39, 0.29) is 0 Å². The van der Waals surface area contributed by atoms with Gasteiger partial charge in [-0.2, -0.15) is 0 Å². The molecule has 2 heterocycles. The van der Waals surface area contributed by atoms with Gasteiger partial charge in [-0.3, -0.25) is 9.80 Å². The van der Waals surface area contributed by atoms with Crippen molar-refractivity contribution in [3.05, 3.63) is 76.8 Å². The smallest absolute Gasteiger partial charge is 0.335 e. The Balaban J connectivity index is 1.29. The Morgan fingerprint density at radius 3 is 2.39 bits per heavy atom. The Kier molecular flexibility index (Phi) is 5.81. The fourth-order valence-electron chi connectivity index (χ4n) is 3.49. The first kappa shape index (κ1) is 18.8. The zero-order valence-corrected chi connectivity index (χ0v) is 16.4. The van der Waals surface area contributed by atoms with Gasteiger partial charge in [0.05, 0.1) is 11.3 Å². The topological polar surface area (TPSA) is 56.7 Å². The number of aromatic carboxylic acids is 1. The van der Waals surface area contributed by atoms with Crippen LogP contribution in [0.2, 0.25) is 0 Å². The highest BCUT2D eigenvalue weighted by Crippen LogP contribution is 2.24. The molecule has 0 radical (unpaired) electrons. The molecule has 4 rings (SSSR count). The minimum atomic E-state index is -0.871. The monoisotopic (exact) mass is 393 g/mol. The third kappa shape index (κ3) is 4.65. The van der Waals surface area contributed by atoms with Crippen LogP contribution >= 0.6 is 11.3 Å². The van der Waals surface area contributed by atoms with E-state index < -0.39 is 5.97 Å². The molecule has 1 aliphatic heterocycles. The molecular formula is C22H23N3O2S. The number of hydrogen-bond donors (Lipinski definition) is 1. The van der Waals surface area contributed by atoms with E-state index in [9.17, 15) is 4.79 Å². The third-order valence-corrected chi connectivity index (χ3v) is 5.94. The third-order valence-electron chi connectivity index (χ3n) is 5.00. The van der Waals surface area contributed by atoms with Gasteiger partial charge in [-0.1, -0.05) is 42.5 Å². The molecule has 5 nitrogen and oxygen atoms in total. The normalized spacial score (nSPS) is 15.6. The van der Waals surface area contributed by atoms with Crippen LogP contribution in [-0.4, -0.2) is 52.0 Å². The van der Waals surface area contributed by atoms with Crippen LogP contribution in [0.3, 0.4) is 0 Å². The lowest BCUT2D eigenvalue weighted by Gasteiger charge is -2.34. The molecule has 1 fully saturated rings. The molecular weight excluding hydrogens is 370 g/mol. The molecule has 3 aromatic rings. The van der Waals surface area contributed by atoms with Crippen molar-refractivity contribution >= 4 is 17.3 Å². The van der Waals surface area contributed by atoms with E-state index in [0.29, 0.717) is 5.56 Å². The molecule has 1 aromatic heterocycles. The average molecular weight is 394 g/mol. The maximum Gasteiger partial charge on any atom is 0.335 e. The van der Waals surface area contributed by atoms with Crippen LogP contribution < -0.4 is 0 Å². The van der Waals surface area contributed by atoms with Gasteiger partial charge in [0.1, 0.15) is 5.01 Å². The number of aromatic nitrogens is 1. The van der Waals surface area contributed by atoms with E-state index in [4.69, 9.17) is 10.1 Å². The summed E-state index contributed by atoms with van der Waals surface area (Å²) < 4.78 is 0. The summed E-state index contributed by atoms with van der Waals surface area (Å²) in [6.45, 7) is 5.63. The second-order valence-corrected chi connectivity index (χ2v) is 7.93. The number of rotatable bonds is 6. The quantitative estimate of drug-likeness (QED) is 0.690. The van der Waals surface area contributed by atoms with Crippen LogP contribution in [0.1, 0.15) is 21.6 Å². The van der Waals surface area contributed by atoms with Crippen molar-refractivity contribution in [2.24, 2.45) is 0 Å². The zero-order chi connectivity index (χ0) is 19.3. The highest BCUT2D eigenvalue weighted by Gasteiger charge is 2.18. The van der Waals surface area contributed by atoms with Crippen molar-refractivity contribution in [3.8, 4) is 10.6 Å². The Morgan fingerprint density at radius 2 is 1.68 bits per heavy atom. The molecule has 0 saturated carbocycles. The van der Waals surface area contributed by atoms with E-state index in [1.165, 1.54) is 5.56 Å². The van der Waals surface area contributed by atoms with Crippen molar-refractivity contribution in [2.75, 3.05) is 26.2 Å². The minimum Gasteiger partial charge on any atom is -0.478 e. The van der Waals surface area contributed by atoms with E-state index in [2.05, 4.69) is 27.3 Å². The van der Waals surface area contributed by atoms with Crippen molar-refractivity contribution in [2.45, 2.75) is 13.1 Å². The van der Waals surface area contributed by atoms with Gasteiger partial charge < -0.3 is 5.11 Å². The van der Waals surface area contributed by atoms with Gasteiger partial charge in [-0.25, -0.2) is 9.78 Å². The molecule has 1 saturated heterocycles. The minimum absolute atomic E-state index is 0.355. The summed E-state index contributed by atoms with van der Waals surface area (Å²) in [7, 11) is 0. The van der Waals surface area contributed by atoms with Crippen LogP contribution in [0.25, 0.3) is 10.6 Å². The zero-order valence-electron chi connectivity index (χ0n) is 15.6. The first-order chi connectivity index (χ1) is 13.7. The van der Waals surface area contributed by atoms with Gasteiger partial charge in [0, 0.05) is 50.2 Å². The Bertz CT molecular complexity index is 934. The number of thiazole rings is 1. The molecule has 0 unspecified atom stereocenters. The van der Waals surface area contributed by atoms with E-state index in [1.54, 1.807) is 23.5 Å². The highest BCUT2D eigenvalue weighted by atomic mass is 32.1. The Labute approximate surface area is 168 Å². The van der Waals surface area contributed by atoms with Crippen molar-refractivity contribution < 1.29 is 9.90 Å². The summed E-state index contributed by atoms with van der Waals surface area (Å²) >= 11 is 1.70. The van der Waals surface area contributed by atoms with Crippen LogP contribution in [0.15, 0.2) is 60.0 Å². The number of piperazine rings is 1. The van der Waals surface area contributed by atoms with Crippen LogP contribution in [-0.2, 0) is 13.1 Å². The van der Waals surface area contributed by atoms with Crippen LogP contribution in [0.4, 0.5) is 0 Å². The lowest BCUT2D eigenvalue weighted by Crippen LogP contribution is -2.45. The predicted molar refractivity (Wildman–Crippen MR) is 112 cm³/mol. The summed E-state index contributed by atoms with van der Waals surface area (Å²) in [5, 5.41) is 12.4. The largest absolute Gasteiger partial charge is 0.478 e. The Hall–Kier alpha value is -2.54. The van der Waals surface area contributed by atoms with Gasteiger partial charge in [-0.05, 0) is 17.7 Å². The molecule has 1 aliphatic rings. The summed E-state index contributed by atoms with van der Waals surface area (Å²) in [6, 6.07) is 17.5. The molecule has 0 atom stereocenters. The first-order valence-corrected chi connectivity index (χ1v) is 10.3. The summed E-state index contributed by atoms with van der Waals surface area (Å²) in [5.74, 6) is -0.871. The molecule has 28 heavy (non-hydrogen) atoms. The second-order valence-electron chi connectivity index (χ2n) is 7.07. The SMILES string of the molecule is O=C(O)c1cccc(CN2CCN(Cc3csc(-c4ccccc4)n3)CC2)c1. The van der Waals surface area contributed by atoms with E-state index in [1.807, 2.05) is 30.3 Å². The van der Waals surface area contributed by atoms with E-state index >= 15 is 0 Å². The van der Waals surface area contributed by atoms with Gasteiger partial charge in [0.15, 0.2) is 0 Å². The van der Waals surface area contributed by atoms with Crippen molar-refractivity contribution in [1.29, 1.82) is 0 Å². The van der Waals surface area contributed by atoms with E-state index in [0.717, 1.165) is 55.5 Å². The first-order valence-electron chi connectivity index (χ1n) is 9.44.